The van der Waals surface area contributed by atoms with Gasteiger partial charge < -0.3 is 10.6 Å². The number of halogens is 3. The van der Waals surface area contributed by atoms with E-state index in [-0.39, 0.29) is 19.5 Å². The van der Waals surface area contributed by atoms with E-state index in [9.17, 15) is 18.0 Å². The van der Waals surface area contributed by atoms with E-state index in [0.29, 0.717) is 0 Å². The number of amides is 1. The van der Waals surface area contributed by atoms with Gasteiger partial charge in [0.15, 0.2) is 5.41 Å². The van der Waals surface area contributed by atoms with Crippen molar-refractivity contribution >= 4 is 5.91 Å². The molecule has 1 fully saturated rings. The van der Waals surface area contributed by atoms with Crippen LogP contribution in [0.3, 0.4) is 0 Å². The van der Waals surface area contributed by atoms with Crippen LogP contribution in [-0.4, -0.2) is 30.7 Å². The first-order valence-corrected chi connectivity index (χ1v) is 5.19. The van der Waals surface area contributed by atoms with Gasteiger partial charge in [-0.15, -0.1) is 0 Å². The molecule has 0 aliphatic carbocycles. The predicted molar refractivity (Wildman–Crippen MR) is 53.9 cm³/mol. The van der Waals surface area contributed by atoms with Crippen LogP contribution in [0.4, 0.5) is 13.2 Å². The molecule has 1 atom stereocenters. The Morgan fingerprint density at radius 2 is 1.88 bits per heavy atom. The minimum atomic E-state index is -4.51. The summed E-state index contributed by atoms with van der Waals surface area (Å²) in [5.41, 5.74) is -2.92. The van der Waals surface area contributed by atoms with Crippen LogP contribution in [0, 0.1) is 5.41 Å². The first kappa shape index (κ1) is 13.3. The Hall–Kier alpha value is -0.780. The third-order valence-electron chi connectivity index (χ3n) is 2.62. The van der Waals surface area contributed by atoms with Gasteiger partial charge in [-0.25, -0.2) is 0 Å². The summed E-state index contributed by atoms with van der Waals surface area (Å²) < 4.78 is 38.8. The van der Waals surface area contributed by atoms with Crippen molar-refractivity contribution in [3.63, 3.8) is 0 Å². The van der Waals surface area contributed by atoms with E-state index in [4.69, 9.17) is 0 Å². The molecule has 1 heterocycles. The molecule has 3 nitrogen and oxygen atoms in total. The summed E-state index contributed by atoms with van der Waals surface area (Å²) >= 11 is 0. The molecule has 0 aromatic rings. The zero-order valence-corrected chi connectivity index (χ0v) is 9.66. The molecule has 94 valence electrons. The SMILES string of the molecule is CC(C)(C)NC(=O)C1(C(F)(F)F)CCNC1. The van der Waals surface area contributed by atoms with Gasteiger partial charge in [0, 0.05) is 12.1 Å². The molecule has 1 aliphatic heterocycles. The number of rotatable bonds is 1. The number of alkyl halides is 3. The number of hydrogen-bond donors (Lipinski definition) is 2. The summed E-state index contributed by atoms with van der Waals surface area (Å²) in [5.74, 6) is -0.933. The lowest BCUT2D eigenvalue weighted by Crippen LogP contribution is -2.56. The van der Waals surface area contributed by atoms with Crippen LogP contribution in [0.15, 0.2) is 0 Å². The number of carbonyl (C=O) groups is 1. The zero-order valence-electron chi connectivity index (χ0n) is 9.66. The molecule has 1 amide bonds. The molecule has 6 heteroatoms. The largest absolute Gasteiger partial charge is 0.404 e. The van der Waals surface area contributed by atoms with Gasteiger partial charge >= 0.3 is 6.18 Å². The highest BCUT2D eigenvalue weighted by molar-refractivity contribution is 5.84. The quantitative estimate of drug-likeness (QED) is 0.726. The van der Waals surface area contributed by atoms with Crippen molar-refractivity contribution in [2.75, 3.05) is 13.1 Å². The Balaban J connectivity index is 2.91. The van der Waals surface area contributed by atoms with Crippen molar-refractivity contribution < 1.29 is 18.0 Å². The topological polar surface area (TPSA) is 41.1 Å². The van der Waals surface area contributed by atoms with E-state index < -0.39 is 23.0 Å². The minimum Gasteiger partial charge on any atom is -0.351 e. The standard InChI is InChI=1S/C10H17F3N2O/c1-8(2,3)15-7(16)9(10(11,12)13)4-5-14-6-9/h14H,4-6H2,1-3H3,(H,15,16). The first-order valence-electron chi connectivity index (χ1n) is 5.19. The Kier molecular flexibility index (Phi) is 3.24. The van der Waals surface area contributed by atoms with Crippen LogP contribution in [0.1, 0.15) is 27.2 Å². The lowest BCUT2D eigenvalue weighted by molar-refractivity contribution is -0.216. The monoisotopic (exact) mass is 238 g/mol. The summed E-state index contributed by atoms with van der Waals surface area (Å²) in [7, 11) is 0. The van der Waals surface area contributed by atoms with E-state index in [1.165, 1.54) is 0 Å². The van der Waals surface area contributed by atoms with Gasteiger partial charge in [-0.3, -0.25) is 4.79 Å². The molecule has 1 rings (SSSR count). The maximum absolute atomic E-state index is 12.9. The molecule has 0 radical (unpaired) electrons. The Morgan fingerprint density at radius 3 is 2.19 bits per heavy atom. The van der Waals surface area contributed by atoms with E-state index in [0.717, 1.165) is 0 Å². The van der Waals surface area contributed by atoms with Gasteiger partial charge in [0.2, 0.25) is 5.91 Å². The molecule has 0 aromatic heterocycles. The van der Waals surface area contributed by atoms with Crippen LogP contribution in [-0.2, 0) is 4.79 Å². The summed E-state index contributed by atoms with van der Waals surface area (Å²) in [5, 5.41) is 5.02. The van der Waals surface area contributed by atoms with E-state index >= 15 is 0 Å². The number of nitrogens with one attached hydrogen (secondary N) is 2. The lowest BCUT2D eigenvalue weighted by Gasteiger charge is -2.33. The Morgan fingerprint density at radius 1 is 1.31 bits per heavy atom. The molecule has 0 saturated carbocycles. The average molecular weight is 238 g/mol. The number of hydrogen-bond acceptors (Lipinski definition) is 2. The van der Waals surface area contributed by atoms with Crippen LogP contribution >= 0.6 is 0 Å². The van der Waals surface area contributed by atoms with Crippen molar-refractivity contribution in [2.45, 2.75) is 38.9 Å². The van der Waals surface area contributed by atoms with Gasteiger partial charge in [-0.1, -0.05) is 0 Å². The van der Waals surface area contributed by atoms with E-state index in [1.807, 2.05) is 0 Å². The van der Waals surface area contributed by atoms with Crippen LogP contribution in [0.2, 0.25) is 0 Å². The van der Waals surface area contributed by atoms with E-state index in [2.05, 4.69) is 10.6 Å². The second-order valence-electron chi connectivity index (χ2n) is 5.21. The van der Waals surface area contributed by atoms with Crippen LogP contribution in [0.25, 0.3) is 0 Å². The Labute approximate surface area is 92.8 Å². The third-order valence-corrected chi connectivity index (χ3v) is 2.62. The summed E-state index contributed by atoms with van der Waals surface area (Å²) in [6.07, 6.45) is -4.70. The normalized spacial score (nSPS) is 26.9. The van der Waals surface area contributed by atoms with Crippen molar-refractivity contribution in [1.82, 2.24) is 10.6 Å². The van der Waals surface area contributed by atoms with Crippen molar-refractivity contribution in [1.29, 1.82) is 0 Å². The van der Waals surface area contributed by atoms with Gasteiger partial charge in [-0.2, -0.15) is 13.2 Å². The summed E-state index contributed by atoms with van der Waals surface area (Å²) in [6, 6.07) is 0. The minimum absolute atomic E-state index is 0.196. The molecule has 1 aliphatic rings. The molecule has 1 unspecified atom stereocenters. The second-order valence-corrected chi connectivity index (χ2v) is 5.21. The van der Waals surface area contributed by atoms with Crippen molar-refractivity contribution in [3.8, 4) is 0 Å². The highest BCUT2D eigenvalue weighted by Gasteiger charge is 2.61. The highest BCUT2D eigenvalue weighted by atomic mass is 19.4. The fourth-order valence-electron chi connectivity index (χ4n) is 1.72. The molecular formula is C10H17F3N2O. The maximum atomic E-state index is 12.9. The molecule has 0 spiro atoms. The summed E-state index contributed by atoms with van der Waals surface area (Å²) in [6.45, 7) is 4.88. The molecular weight excluding hydrogens is 221 g/mol. The summed E-state index contributed by atoms with van der Waals surface area (Å²) in [4.78, 5) is 11.8. The lowest BCUT2D eigenvalue weighted by atomic mass is 9.84. The fourth-order valence-corrected chi connectivity index (χ4v) is 1.72. The highest BCUT2D eigenvalue weighted by Crippen LogP contribution is 2.43. The second kappa shape index (κ2) is 3.91. The average Bonchev–Trinajstić information content (AvgIpc) is 2.46. The van der Waals surface area contributed by atoms with Gasteiger partial charge in [0.25, 0.3) is 0 Å². The predicted octanol–water partition coefficient (Wildman–Crippen LogP) is 1.44. The van der Waals surface area contributed by atoms with Crippen LogP contribution < -0.4 is 10.6 Å². The molecule has 0 bridgehead atoms. The smallest absolute Gasteiger partial charge is 0.351 e. The van der Waals surface area contributed by atoms with Crippen molar-refractivity contribution in [2.24, 2.45) is 5.41 Å². The fraction of sp³-hybridized carbons (Fsp3) is 0.900. The molecule has 2 N–H and O–H groups in total. The number of carbonyl (C=O) groups excluding carboxylic acids is 1. The van der Waals surface area contributed by atoms with E-state index in [1.54, 1.807) is 20.8 Å². The molecule has 1 saturated heterocycles. The molecule has 0 aromatic carbocycles. The molecule has 16 heavy (non-hydrogen) atoms. The van der Waals surface area contributed by atoms with Gasteiger partial charge in [-0.05, 0) is 33.7 Å². The van der Waals surface area contributed by atoms with Crippen LogP contribution in [0.5, 0.6) is 0 Å². The van der Waals surface area contributed by atoms with Gasteiger partial charge in [0.1, 0.15) is 0 Å². The zero-order chi connectivity index (χ0) is 12.6. The van der Waals surface area contributed by atoms with Gasteiger partial charge in [0.05, 0.1) is 0 Å². The Bertz CT molecular complexity index is 275. The third kappa shape index (κ3) is 2.48. The maximum Gasteiger partial charge on any atom is 0.404 e. The van der Waals surface area contributed by atoms with Crippen molar-refractivity contribution in [3.05, 3.63) is 0 Å². The first-order chi connectivity index (χ1) is 7.08.